The number of fused-ring (bicyclic) bond motifs is 4. The molecule has 2 aliphatic rings. The molecule has 3 heterocycles. The van der Waals surface area contributed by atoms with Gasteiger partial charge in [0.15, 0.2) is 0 Å². The quantitative estimate of drug-likeness (QED) is 0.863. The van der Waals surface area contributed by atoms with E-state index < -0.39 is 6.04 Å². The highest BCUT2D eigenvalue weighted by molar-refractivity contribution is 5.81. The minimum Gasteiger partial charge on any atom is -0.350 e. The van der Waals surface area contributed by atoms with Gasteiger partial charge in [0.05, 0.1) is 0 Å². The van der Waals surface area contributed by atoms with Gasteiger partial charge in [-0.3, -0.25) is 19.0 Å². The minimum atomic E-state index is -0.668. The molecule has 0 unspecified atom stereocenters. The molecule has 1 saturated heterocycles. The molecular formula is C22H24FN3O3. The number of amides is 2. The van der Waals surface area contributed by atoms with Crippen LogP contribution in [0, 0.1) is 18.7 Å². The molecule has 7 heteroatoms. The van der Waals surface area contributed by atoms with Crippen molar-refractivity contribution < 1.29 is 14.0 Å². The van der Waals surface area contributed by atoms with E-state index in [1.807, 2.05) is 6.07 Å². The van der Waals surface area contributed by atoms with Gasteiger partial charge in [-0.05, 0) is 36.6 Å². The second-order valence-electron chi connectivity index (χ2n) is 8.02. The maximum Gasteiger partial charge on any atom is 0.251 e. The summed E-state index contributed by atoms with van der Waals surface area (Å²) >= 11 is 0. The van der Waals surface area contributed by atoms with Gasteiger partial charge in [-0.2, -0.15) is 0 Å². The number of nitrogens with one attached hydrogen (secondary N) is 1. The van der Waals surface area contributed by atoms with E-state index in [0.29, 0.717) is 18.7 Å². The summed E-state index contributed by atoms with van der Waals surface area (Å²) in [6.45, 7) is 4.49. The van der Waals surface area contributed by atoms with Crippen molar-refractivity contribution in [2.75, 3.05) is 13.1 Å². The summed E-state index contributed by atoms with van der Waals surface area (Å²) in [6, 6.07) is 9.10. The number of benzene rings is 1. The first-order valence-electron chi connectivity index (χ1n) is 9.85. The molecule has 2 aliphatic heterocycles. The van der Waals surface area contributed by atoms with Crippen molar-refractivity contribution in [1.82, 2.24) is 14.8 Å². The molecule has 2 bridgehead atoms. The molecule has 1 fully saturated rings. The molecule has 2 aromatic rings. The molecule has 2 amide bonds. The van der Waals surface area contributed by atoms with Crippen LogP contribution in [0.4, 0.5) is 4.39 Å². The first-order chi connectivity index (χ1) is 13.8. The Balaban J connectivity index is 1.63. The minimum absolute atomic E-state index is 0.0210. The first-order valence-corrected chi connectivity index (χ1v) is 9.85. The number of aryl methyl sites for hydroxylation is 1. The number of piperidine rings is 1. The van der Waals surface area contributed by atoms with E-state index >= 15 is 0 Å². The van der Waals surface area contributed by atoms with Crippen molar-refractivity contribution in [3.63, 3.8) is 0 Å². The summed E-state index contributed by atoms with van der Waals surface area (Å²) in [5.41, 5.74) is 1.91. The van der Waals surface area contributed by atoms with Crippen molar-refractivity contribution in [3.05, 3.63) is 69.4 Å². The molecule has 0 spiro atoms. The fourth-order valence-electron chi connectivity index (χ4n) is 4.64. The lowest BCUT2D eigenvalue weighted by Gasteiger charge is -2.46. The molecule has 0 radical (unpaired) electrons. The second-order valence-corrected chi connectivity index (χ2v) is 8.02. The van der Waals surface area contributed by atoms with Crippen LogP contribution < -0.4 is 10.9 Å². The fourth-order valence-corrected chi connectivity index (χ4v) is 4.64. The van der Waals surface area contributed by atoms with Crippen LogP contribution in [0.15, 0.2) is 41.2 Å². The van der Waals surface area contributed by atoms with Crippen LogP contribution in [-0.2, 0) is 16.1 Å². The zero-order chi connectivity index (χ0) is 20.7. The second kappa shape index (κ2) is 7.46. The Labute approximate surface area is 168 Å². The Hall–Kier alpha value is -2.96. The zero-order valence-electron chi connectivity index (χ0n) is 16.5. The Morgan fingerprint density at radius 1 is 1.21 bits per heavy atom. The van der Waals surface area contributed by atoms with E-state index in [1.54, 1.807) is 34.6 Å². The predicted octanol–water partition coefficient (Wildman–Crippen LogP) is 2.12. The summed E-state index contributed by atoms with van der Waals surface area (Å²) < 4.78 is 15.1. The average molecular weight is 397 g/mol. The van der Waals surface area contributed by atoms with Crippen molar-refractivity contribution in [3.8, 4) is 0 Å². The van der Waals surface area contributed by atoms with Gasteiger partial charge in [-0.15, -0.1) is 0 Å². The van der Waals surface area contributed by atoms with Crippen LogP contribution >= 0.6 is 0 Å². The molecule has 29 heavy (non-hydrogen) atoms. The van der Waals surface area contributed by atoms with Gasteiger partial charge in [0.2, 0.25) is 11.8 Å². The van der Waals surface area contributed by atoms with Crippen molar-refractivity contribution in [2.24, 2.45) is 5.92 Å². The van der Waals surface area contributed by atoms with Crippen LogP contribution in [0.1, 0.15) is 42.1 Å². The SMILES string of the molecule is CC(=O)N1C[C@H]2C[C@@H](C1)[C@H](C(=O)NCc1ccc(F)c(C)c1)n1c2cccc1=O. The van der Waals surface area contributed by atoms with Crippen molar-refractivity contribution in [1.29, 1.82) is 0 Å². The lowest BCUT2D eigenvalue weighted by Crippen LogP contribution is -2.54. The highest BCUT2D eigenvalue weighted by atomic mass is 19.1. The number of nitrogens with zero attached hydrogens (tertiary/aromatic N) is 2. The average Bonchev–Trinajstić information content (AvgIpc) is 2.69. The van der Waals surface area contributed by atoms with E-state index in [1.165, 1.54) is 19.1 Å². The summed E-state index contributed by atoms with van der Waals surface area (Å²) in [7, 11) is 0. The van der Waals surface area contributed by atoms with Gasteiger partial charge < -0.3 is 10.2 Å². The topological polar surface area (TPSA) is 71.4 Å². The van der Waals surface area contributed by atoms with Gasteiger partial charge in [-0.25, -0.2) is 4.39 Å². The number of carbonyl (C=O) groups excluding carboxylic acids is 2. The Morgan fingerprint density at radius 2 is 2.00 bits per heavy atom. The molecule has 3 atom stereocenters. The van der Waals surface area contributed by atoms with E-state index in [9.17, 15) is 18.8 Å². The number of pyridine rings is 1. The zero-order valence-corrected chi connectivity index (χ0v) is 16.5. The number of hydrogen-bond donors (Lipinski definition) is 1. The summed E-state index contributed by atoms with van der Waals surface area (Å²) in [4.78, 5) is 39.6. The van der Waals surface area contributed by atoms with E-state index in [0.717, 1.165) is 17.7 Å². The maximum atomic E-state index is 13.5. The van der Waals surface area contributed by atoms with Crippen LogP contribution in [-0.4, -0.2) is 34.4 Å². The normalized spacial score (nSPS) is 22.7. The number of aromatic nitrogens is 1. The Morgan fingerprint density at radius 3 is 2.72 bits per heavy atom. The molecule has 152 valence electrons. The highest BCUT2D eigenvalue weighted by Crippen LogP contribution is 2.41. The van der Waals surface area contributed by atoms with Gasteiger partial charge in [0, 0.05) is 50.2 Å². The monoisotopic (exact) mass is 397 g/mol. The molecule has 1 N–H and O–H groups in total. The lowest BCUT2D eigenvalue weighted by atomic mass is 9.78. The first kappa shape index (κ1) is 19.4. The standard InChI is InChI=1S/C22H24FN3O3/c1-13-8-15(6-7-18(13)23)10-24-22(29)21-17-9-16(11-25(12-17)14(2)27)19-4-3-5-20(28)26(19)21/h3-8,16-17,21H,9-12H2,1-2H3,(H,24,29)/t16-,17+,21-/m1/s1. The van der Waals surface area contributed by atoms with Gasteiger partial charge >= 0.3 is 0 Å². The summed E-state index contributed by atoms with van der Waals surface area (Å²) in [5.74, 6) is -0.635. The van der Waals surface area contributed by atoms with Crippen LogP contribution in [0.5, 0.6) is 0 Å². The van der Waals surface area contributed by atoms with Crippen LogP contribution in [0.25, 0.3) is 0 Å². The summed E-state index contributed by atoms with van der Waals surface area (Å²) in [6.07, 6.45) is 0.765. The highest BCUT2D eigenvalue weighted by Gasteiger charge is 2.44. The van der Waals surface area contributed by atoms with E-state index in [-0.39, 0.29) is 41.6 Å². The molecule has 0 aliphatic carbocycles. The largest absolute Gasteiger partial charge is 0.350 e. The predicted molar refractivity (Wildman–Crippen MR) is 106 cm³/mol. The third kappa shape index (κ3) is 3.57. The Bertz CT molecular complexity index is 1030. The van der Waals surface area contributed by atoms with Crippen molar-refractivity contribution in [2.45, 2.75) is 38.8 Å². The van der Waals surface area contributed by atoms with Gasteiger partial charge in [0.25, 0.3) is 5.56 Å². The fraction of sp³-hybridized carbons (Fsp3) is 0.409. The van der Waals surface area contributed by atoms with E-state index in [2.05, 4.69) is 5.32 Å². The molecule has 4 rings (SSSR count). The molecule has 1 aromatic carbocycles. The molecule has 6 nitrogen and oxygen atoms in total. The number of hydrogen-bond acceptors (Lipinski definition) is 3. The molecule has 0 saturated carbocycles. The van der Waals surface area contributed by atoms with Crippen LogP contribution in [0.2, 0.25) is 0 Å². The number of halogens is 1. The van der Waals surface area contributed by atoms with Crippen molar-refractivity contribution >= 4 is 11.8 Å². The van der Waals surface area contributed by atoms with Gasteiger partial charge in [-0.1, -0.05) is 18.2 Å². The molecule has 1 aromatic heterocycles. The van der Waals surface area contributed by atoms with Crippen LogP contribution in [0.3, 0.4) is 0 Å². The smallest absolute Gasteiger partial charge is 0.251 e. The Kier molecular flexibility index (Phi) is 4.98. The lowest BCUT2D eigenvalue weighted by molar-refractivity contribution is -0.135. The van der Waals surface area contributed by atoms with Gasteiger partial charge in [0.1, 0.15) is 11.9 Å². The number of likely N-dealkylation sites (tertiary alicyclic amines) is 1. The maximum absolute atomic E-state index is 13.5. The number of rotatable bonds is 3. The van der Waals surface area contributed by atoms with E-state index in [4.69, 9.17) is 0 Å². The molecular weight excluding hydrogens is 373 g/mol. The summed E-state index contributed by atoms with van der Waals surface area (Å²) in [5, 5.41) is 2.91. The third-order valence-corrected chi connectivity index (χ3v) is 6.05. The number of carbonyl (C=O) groups is 2. The third-order valence-electron chi connectivity index (χ3n) is 6.05.